The van der Waals surface area contributed by atoms with E-state index in [4.69, 9.17) is 4.74 Å². The SMILES string of the molecule is C/C(=C\C/C=C(OCC(F)F)\C(Br)=C/C(C)C)C(=O)/C(C)=C/N(C)C. The zero-order valence-electron chi connectivity index (χ0n) is 15.8. The number of carbonyl (C=O) groups is 1. The van der Waals surface area contributed by atoms with Crippen molar-refractivity contribution < 1.29 is 18.3 Å². The first kappa shape index (κ1) is 23.6. The van der Waals surface area contributed by atoms with Crippen LogP contribution in [0, 0.1) is 5.92 Å². The number of ether oxygens (including phenoxy) is 1. The van der Waals surface area contributed by atoms with E-state index in [0.29, 0.717) is 27.8 Å². The molecule has 0 amide bonds. The van der Waals surface area contributed by atoms with Gasteiger partial charge in [0.05, 0.1) is 4.48 Å². The number of hydrogen-bond donors (Lipinski definition) is 0. The van der Waals surface area contributed by atoms with E-state index >= 15 is 0 Å². The molecule has 0 aromatic carbocycles. The Hall–Kier alpha value is -1.43. The van der Waals surface area contributed by atoms with E-state index in [2.05, 4.69) is 15.9 Å². The molecule has 3 nitrogen and oxygen atoms in total. The lowest BCUT2D eigenvalue weighted by atomic mass is 10.1. The molecule has 0 aliphatic heterocycles. The molecule has 0 aliphatic rings. The molecular formula is C19H28BrF2NO2. The largest absolute Gasteiger partial charge is 0.487 e. The van der Waals surface area contributed by atoms with Crippen LogP contribution in [0.1, 0.15) is 34.1 Å². The Kier molecular flexibility index (Phi) is 11.3. The van der Waals surface area contributed by atoms with Gasteiger partial charge in [-0.05, 0) is 53.8 Å². The smallest absolute Gasteiger partial charge is 0.272 e. The zero-order valence-corrected chi connectivity index (χ0v) is 17.4. The monoisotopic (exact) mass is 419 g/mol. The summed E-state index contributed by atoms with van der Waals surface area (Å²) in [5.41, 5.74) is 1.24. The van der Waals surface area contributed by atoms with Crippen LogP contribution in [0.5, 0.6) is 0 Å². The minimum atomic E-state index is -2.54. The summed E-state index contributed by atoms with van der Waals surface area (Å²) in [6.07, 6.45) is 4.95. The number of halogens is 3. The van der Waals surface area contributed by atoms with E-state index in [0.717, 1.165) is 0 Å². The lowest BCUT2D eigenvalue weighted by Gasteiger charge is -2.11. The van der Waals surface area contributed by atoms with E-state index in [1.165, 1.54) is 0 Å². The van der Waals surface area contributed by atoms with Crippen molar-refractivity contribution >= 4 is 21.7 Å². The Morgan fingerprint density at radius 2 is 1.76 bits per heavy atom. The topological polar surface area (TPSA) is 29.5 Å². The second kappa shape index (κ2) is 12.0. The minimum Gasteiger partial charge on any atom is -0.487 e. The Labute approximate surface area is 158 Å². The molecule has 0 saturated heterocycles. The number of carbonyl (C=O) groups excluding carboxylic acids is 1. The molecule has 0 N–H and O–H groups in total. The molecule has 0 heterocycles. The number of nitrogens with zero attached hydrogens (tertiary/aromatic N) is 1. The van der Waals surface area contributed by atoms with Gasteiger partial charge in [-0.3, -0.25) is 4.79 Å². The Morgan fingerprint density at radius 1 is 1.16 bits per heavy atom. The summed E-state index contributed by atoms with van der Waals surface area (Å²) in [4.78, 5) is 14.0. The van der Waals surface area contributed by atoms with Crippen LogP contribution in [0.2, 0.25) is 0 Å². The zero-order chi connectivity index (χ0) is 19.6. The van der Waals surface area contributed by atoms with Crippen molar-refractivity contribution in [2.45, 2.75) is 40.5 Å². The van der Waals surface area contributed by atoms with Crippen molar-refractivity contribution in [3.63, 3.8) is 0 Å². The molecule has 0 unspecified atom stereocenters. The minimum absolute atomic E-state index is 0.0473. The van der Waals surface area contributed by atoms with Crippen LogP contribution in [0.3, 0.4) is 0 Å². The first-order chi connectivity index (χ1) is 11.5. The molecule has 0 atom stereocenters. The molecule has 0 aliphatic carbocycles. The van der Waals surface area contributed by atoms with Gasteiger partial charge in [0.25, 0.3) is 6.43 Å². The second-order valence-corrected chi connectivity index (χ2v) is 7.11. The normalized spacial score (nSPS) is 14.4. The first-order valence-corrected chi connectivity index (χ1v) is 8.89. The molecule has 0 rings (SSSR count). The summed E-state index contributed by atoms with van der Waals surface area (Å²) in [7, 11) is 3.70. The predicted octanol–water partition coefficient (Wildman–Crippen LogP) is 5.46. The molecule has 0 bridgehead atoms. The molecule has 0 aromatic rings. The van der Waals surface area contributed by atoms with Crippen LogP contribution in [0.4, 0.5) is 8.78 Å². The Balaban J connectivity index is 5.18. The van der Waals surface area contributed by atoms with E-state index in [9.17, 15) is 13.6 Å². The highest BCUT2D eigenvalue weighted by molar-refractivity contribution is 9.11. The average Bonchev–Trinajstić information content (AvgIpc) is 2.47. The third-order valence-corrected chi connectivity index (χ3v) is 3.63. The van der Waals surface area contributed by atoms with Crippen molar-refractivity contribution in [2.24, 2.45) is 5.92 Å². The van der Waals surface area contributed by atoms with Crippen LogP contribution >= 0.6 is 15.9 Å². The average molecular weight is 420 g/mol. The predicted molar refractivity (Wildman–Crippen MR) is 103 cm³/mol. The van der Waals surface area contributed by atoms with E-state index < -0.39 is 13.0 Å². The van der Waals surface area contributed by atoms with Crippen LogP contribution < -0.4 is 0 Å². The van der Waals surface area contributed by atoms with Gasteiger partial charge in [0, 0.05) is 25.9 Å². The fourth-order valence-electron chi connectivity index (χ4n) is 1.95. The van der Waals surface area contributed by atoms with E-state index in [-0.39, 0.29) is 11.7 Å². The number of hydrogen-bond acceptors (Lipinski definition) is 3. The van der Waals surface area contributed by atoms with Crippen molar-refractivity contribution in [1.82, 2.24) is 4.90 Å². The highest BCUT2D eigenvalue weighted by Crippen LogP contribution is 2.22. The van der Waals surface area contributed by atoms with Crippen molar-refractivity contribution in [3.8, 4) is 0 Å². The highest BCUT2D eigenvalue weighted by atomic mass is 79.9. The van der Waals surface area contributed by atoms with E-state index in [1.807, 2.05) is 38.9 Å². The lowest BCUT2D eigenvalue weighted by Crippen LogP contribution is -2.08. The maximum atomic E-state index is 12.4. The Bertz CT molecular complexity index is 562. The lowest BCUT2D eigenvalue weighted by molar-refractivity contribution is -0.112. The van der Waals surface area contributed by atoms with Gasteiger partial charge in [-0.2, -0.15) is 0 Å². The molecule has 0 fully saturated rings. The van der Waals surface area contributed by atoms with Crippen LogP contribution in [-0.4, -0.2) is 37.8 Å². The molecule has 25 heavy (non-hydrogen) atoms. The molecule has 0 radical (unpaired) electrons. The van der Waals surface area contributed by atoms with Gasteiger partial charge in [0.15, 0.2) is 5.78 Å². The molecule has 142 valence electrons. The van der Waals surface area contributed by atoms with Gasteiger partial charge in [-0.15, -0.1) is 0 Å². The molecule has 6 heteroatoms. The number of rotatable bonds is 10. The van der Waals surface area contributed by atoms with Gasteiger partial charge in [0.2, 0.25) is 0 Å². The van der Waals surface area contributed by atoms with Gasteiger partial charge in [-0.25, -0.2) is 8.78 Å². The first-order valence-electron chi connectivity index (χ1n) is 8.09. The maximum Gasteiger partial charge on any atom is 0.272 e. The summed E-state index contributed by atoms with van der Waals surface area (Å²) in [5, 5.41) is 0. The standard InChI is InChI=1S/C19H28BrF2NO2/c1-13(2)10-16(20)17(25-12-18(21)22)9-7-8-14(3)19(24)15(4)11-23(5)6/h8-11,13,18H,7,12H2,1-6H3/b14-8+,15-11+,16-10+,17-9+. The van der Waals surface area contributed by atoms with Crippen molar-refractivity contribution in [2.75, 3.05) is 20.7 Å². The molecule has 0 aromatic heterocycles. The van der Waals surface area contributed by atoms with Crippen LogP contribution in [-0.2, 0) is 9.53 Å². The number of allylic oxidation sites excluding steroid dienone is 6. The summed E-state index contributed by atoms with van der Waals surface area (Å²) in [6.45, 7) is 6.79. The summed E-state index contributed by atoms with van der Waals surface area (Å²) < 4.78 is 30.6. The quantitative estimate of drug-likeness (QED) is 0.267. The third-order valence-electron chi connectivity index (χ3n) is 2.98. The molecule has 0 spiro atoms. The number of alkyl halides is 2. The van der Waals surface area contributed by atoms with Gasteiger partial charge in [0.1, 0.15) is 12.4 Å². The molecular weight excluding hydrogens is 392 g/mol. The third kappa shape index (κ3) is 10.9. The summed E-state index contributed by atoms with van der Waals surface area (Å²) in [5.74, 6) is 0.547. The maximum absolute atomic E-state index is 12.4. The Morgan fingerprint density at radius 3 is 2.24 bits per heavy atom. The fraction of sp³-hybridized carbons (Fsp3) is 0.526. The van der Waals surface area contributed by atoms with Crippen molar-refractivity contribution in [1.29, 1.82) is 0 Å². The van der Waals surface area contributed by atoms with Crippen molar-refractivity contribution in [3.05, 3.63) is 45.8 Å². The van der Waals surface area contributed by atoms with Gasteiger partial charge in [-0.1, -0.05) is 26.0 Å². The number of Topliss-reactive ketones (excluding diaryl/α,β-unsaturated/α-hetero) is 1. The second-order valence-electron chi connectivity index (χ2n) is 6.26. The van der Waals surface area contributed by atoms with Gasteiger partial charge >= 0.3 is 0 Å². The van der Waals surface area contributed by atoms with Crippen LogP contribution in [0.25, 0.3) is 0 Å². The van der Waals surface area contributed by atoms with E-state index in [1.54, 1.807) is 32.2 Å². The van der Waals surface area contributed by atoms with Crippen LogP contribution in [0.15, 0.2) is 45.8 Å². The number of ketones is 1. The fourth-order valence-corrected chi connectivity index (χ4v) is 2.75. The summed E-state index contributed by atoms with van der Waals surface area (Å²) >= 11 is 3.36. The van der Waals surface area contributed by atoms with Gasteiger partial charge < -0.3 is 9.64 Å². The molecule has 0 saturated carbocycles. The highest BCUT2D eigenvalue weighted by Gasteiger charge is 2.10. The summed E-state index contributed by atoms with van der Waals surface area (Å²) in [6, 6.07) is 0.